The summed E-state index contributed by atoms with van der Waals surface area (Å²) in [4.78, 5) is 0. The first-order valence-electron chi connectivity index (χ1n) is 15.9. The van der Waals surface area contributed by atoms with Crippen LogP contribution in [-0.2, 0) is 19.3 Å². The van der Waals surface area contributed by atoms with Crippen LogP contribution in [-0.4, -0.2) is 0 Å². The summed E-state index contributed by atoms with van der Waals surface area (Å²) in [6, 6.07) is 3.36. The highest BCUT2D eigenvalue weighted by Crippen LogP contribution is 2.45. The molecule has 0 radical (unpaired) electrons. The van der Waals surface area contributed by atoms with Crippen molar-refractivity contribution in [1.29, 1.82) is 0 Å². The molecule has 2 saturated carbocycles. The Kier molecular flexibility index (Phi) is 9.39. The maximum absolute atomic E-state index is 15.3. The highest BCUT2D eigenvalue weighted by atomic mass is 19.2. The third-order valence-electron chi connectivity index (χ3n) is 10.4. The fourth-order valence-corrected chi connectivity index (χ4v) is 8.07. The summed E-state index contributed by atoms with van der Waals surface area (Å²) in [5.74, 6) is -0.624. The van der Waals surface area contributed by atoms with E-state index in [4.69, 9.17) is 0 Å². The number of hydrogen-bond acceptors (Lipinski definition) is 0. The van der Waals surface area contributed by atoms with E-state index in [0.717, 1.165) is 24.2 Å². The van der Waals surface area contributed by atoms with Gasteiger partial charge < -0.3 is 0 Å². The first-order chi connectivity index (χ1) is 18.9. The zero-order chi connectivity index (χ0) is 27.5. The highest BCUT2D eigenvalue weighted by molar-refractivity contribution is 5.79. The van der Waals surface area contributed by atoms with Crippen LogP contribution in [0.2, 0.25) is 0 Å². The van der Waals surface area contributed by atoms with Gasteiger partial charge in [-0.3, -0.25) is 0 Å². The second kappa shape index (κ2) is 12.8. The molecule has 0 bridgehead atoms. The molecular weight excluding hydrogens is 496 g/mol. The minimum atomic E-state index is -1.04. The van der Waals surface area contributed by atoms with Gasteiger partial charge in [0, 0.05) is 11.1 Å². The molecule has 0 atom stereocenters. The van der Waals surface area contributed by atoms with Gasteiger partial charge in [-0.05, 0) is 97.3 Å². The van der Waals surface area contributed by atoms with Crippen LogP contribution in [0.3, 0.4) is 0 Å². The van der Waals surface area contributed by atoms with Crippen LogP contribution in [0.15, 0.2) is 12.1 Å². The van der Waals surface area contributed by atoms with E-state index in [1.54, 1.807) is 12.1 Å². The predicted molar refractivity (Wildman–Crippen MR) is 152 cm³/mol. The molecule has 2 fully saturated rings. The van der Waals surface area contributed by atoms with Gasteiger partial charge >= 0.3 is 0 Å². The van der Waals surface area contributed by atoms with Crippen molar-refractivity contribution in [3.05, 3.63) is 57.7 Å². The SMILES string of the molecule is CCCCCC1CCC(C2CCC(CCc3cc4c(c(F)c3F)-c3c(cc(CCC)c(F)c3F)C4)CC2)CC1. The molecule has 0 N–H and O–H groups in total. The quantitative estimate of drug-likeness (QED) is 0.177. The lowest BCUT2D eigenvalue weighted by atomic mass is 9.68. The zero-order valence-electron chi connectivity index (χ0n) is 24.0. The summed E-state index contributed by atoms with van der Waals surface area (Å²) in [6.07, 6.45) is 18.9. The number of fused-ring (bicyclic) bond motifs is 3. The lowest BCUT2D eigenvalue weighted by Crippen LogP contribution is -2.26. The molecule has 0 unspecified atom stereocenters. The van der Waals surface area contributed by atoms with Crippen LogP contribution in [0.5, 0.6) is 0 Å². The Morgan fingerprint density at radius 2 is 1.05 bits per heavy atom. The summed E-state index contributed by atoms with van der Waals surface area (Å²) >= 11 is 0. The number of benzene rings is 2. The van der Waals surface area contributed by atoms with Gasteiger partial charge in [0.25, 0.3) is 0 Å². The van der Waals surface area contributed by atoms with Crippen molar-refractivity contribution in [2.75, 3.05) is 0 Å². The van der Waals surface area contributed by atoms with Crippen LogP contribution in [0.1, 0.15) is 126 Å². The minimum Gasteiger partial charge on any atom is -0.203 e. The number of halogens is 4. The van der Waals surface area contributed by atoms with Gasteiger partial charge in [-0.25, -0.2) is 17.6 Å². The Morgan fingerprint density at radius 3 is 1.54 bits per heavy atom. The van der Waals surface area contributed by atoms with Gasteiger partial charge in [0.05, 0.1) is 0 Å². The molecule has 3 aliphatic carbocycles. The van der Waals surface area contributed by atoms with Crippen molar-refractivity contribution in [2.24, 2.45) is 23.7 Å². The normalized spacial score (nSPS) is 24.6. The van der Waals surface area contributed by atoms with E-state index in [2.05, 4.69) is 6.92 Å². The zero-order valence-corrected chi connectivity index (χ0v) is 24.0. The summed E-state index contributed by atoms with van der Waals surface area (Å²) < 4.78 is 60.0. The van der Waals surface area contributed by atoms with E-state index in [9.17, 15) is 8.78 Å². The summed E-state index contributed by atoms with van der Waals surface area (Å²) in [6.45, 7) is 4.19. The Morgan fingerprint density at radius 1 is 0.564 bits per heavy atom. The van der Waals surface area contributed by atoms with Crippen molar-refractivity contribution < 1.29 is 17.6 Å². The fourth-order valence-electron chi connectivity index (χ4n) is 8.07. The number of hydrogen-bond donors (Lipinski definition) is 0. The summed E-state index contributed by atoms with van der Waals surface area (Å²) in [5.41, 5.74) is 1.69. The van der Waals surface area contributed by atoms with E-state index in [0.29, 0.717) is 53.9 Å². The van der Waals surface area contributed by atoms with Crippen molar-refractivity contribution in [2.45, 2.75) is 123 Å². The predicted octanol–water partition coefficient (Wildman–Crippen LogP) is 10.9. The van der Waals surface area contributed by atoms with E-state index in [1.165, 1.54) is 77.0 Å². The van der Waals surface area contributed by atoms with Crippen LogP contribution < -0.4 is 0 Å². The lowest BCUT2D eigenvalue weighted by molar-refractivity contribution is 0.140. The Bertz CT molecular complexity index is 1140. The third kappa shape index (κ3) is 6.10. The molecule has 0 aliphatic heterocycles. The van der Waals surface area contributed by atoms with Gasteiger partial charge in [0.2, 0.25) is 0 Å². The average Bonchev–Trinajstić information content (AvgIpc) is 3.32. The largest absolute Gasteiger partial charge is 0.203 e. The first kappa shape index (κ1) is 28.7. The third-order valence-corrected chi connectivity index (χ3v) is 10.4. The van der Waals surface area contributed by atoms with E-state index < -0.39 is 23.3 Å². The lowest BCUT2D eigenvalue weighted by Gasteiger charge is -2.38. The molecule has 0 spiro atoms. The van der Waals surface area contributed by atoms with Crippen molar-refractivity contribution >= 4 is 0 Å². The standard InChI is InChI=1S/C35H46F4/c1-3-5-6-8-22-9-14-24(15-10-22)25-16-11-23(12-17-25)13-18-27-20-29-21-28-19-26(7-4-2)32(36)34(38)30(28)31(29)35(39)33(27)37/h19-20,22-25H,3-18,21H2,1-2H3. The topological polar surface area (TPSA) is 0 Å². The average molecular weight is 543 g/mol. The molecule has 214 valence electrons. The molecule has 0 heterocycles. The molecule has 3 aliphatic rings. The molecular formula is C35H46F4. The molecule has 0 nitrogen and oxygen atoms in total. The van der Waals surface area contributed by atoms with E-state index in [-0.39, 0.29) is 11.1 Å². The maximum atomic E-state index is 15.3. The maximum Gasteiger partial charge on any atom is 0.167 e. The van der Waals surface area contributed by atoms with Crippen LogP contribution in [0, 0.1) is 46.9 Å². The fraction of sp³-hybridized carbons (Fsp3) is 0.657. The smallest absolute Gasteiger partial charge is 0.167 e. The molecule has 39 heavy (non-hydrogen) atoms. The van der Waals surface area contributed by atoms with E-state index >= 15 is 8.78 Å². The van der Waals surface area contributed by atoms with Crippen LogP contribution >= 0.6 is 0 Å². The Hall–Kier alpha value is -1.84. The molecule has 0 saturated heterocycles. The Labute approximate surface area is 233 Å². The van der Waals surface area contributed by atoms with Crippen molar-refractivity contribution in [3.8, 4) is 11.1 Å². The number of unbranched alkanes of at least 4 members (excludes halogenated alkanes) is 2. The monoisotopic (exact) mass is 542 g/mol. The highest BCUT2D eigenvalue weighted by Gasteiger charge is 2.33. The summed E-state index contributed by atoms with van der Waals surface area (Å²) in [5, 5.41) is 0. The summed E-state index contributed by atoms with van der Waals surface area (Å²) in [7, 11) is 0. The van der Waals surface area contributed by atoms with Gasteiger partial charge in [0.1, 0.15) is 0 Å². The van der Waals surface area contributed by atoms with E-state index in [1.807, 2.05) is 6.92 Å². The molecule has 5 rings (SSSR count). The Balaban J connectivity index is 1.16. The van der Waals surface area contributed by atoms with Gasteiger partial charge in [-0.1, -0.05) is 83.8 Å². The second-order valence-corrected chi connectivity index (χ2v) is 12.9. The molecule has 0 aromatic heterocycles. The van der Waals surface area contributed by atoms with Crippen LogP contribution in [0.25, 0.3) is 11.1 Å². The minimum absolute atomic E-state index is 0.0775. The van der Waals surface area contributed by atoms with Gasteiger partial charge in [-0.15, -0.1) is 0 Å². The van der Waals surface area contributed by atoms with Crippen molar-refractivity contribution in [3.63, 3.8) is 0 Å². The molecule has 0 amide bonds. The molecule has 4 heteroatoms. The first-order valence-corrected chi connectivity index (χ1v) is 15.9. The van der Waals surface area contributed by atoms with Gasteiger partial charge in [-0.2, -0.15) is 0 Å². The van der Waals surface area contributed by atoms with Crippen molar-refractivity contribution in [1.82, 2.24) is 0 Å². The second-order valence-electron chi connectivity index (χ2n) is 12.9. The van der Waals surface area contributed by atoms with Gasteiger partial charge in [0.15, 0.2) is 23.3 Å². The number of aryl methyl sites for hydroxylation is 2. The number of rotatable bonds is 10. The molecule has 2 aromatic carbocycles. The molecule has 2 aromatic rings. The van der Waals surface area contributed by atoms with Crippen LogP contribution in [0.4, 0.5) is 17.6 Å².